The van der Waals surface area contributed by atoms with E-state index < -0.39 is 35.8 Å². The molecule has 3 rings (SSSR count). The van der Waals surface area contributed by atoms with Gasteiger partial charge in [0, 0.05) is 5.92 Å². The molecule has 0 spiro atoms. The van der Waals surface area contributed by atoms with Gasteiger partial charge in [-0.15, -0.1) is 0 Å². The lowest BCUT2D eigenvalue weighted by molar-refractivity contribution is -0.139. The maximum Gasteiger partial charge on any atom is 0.421 e. The standard InChI is InChI=1S/C16H14F4N2O2/c17-11-3-1-2-10(6-11)14(23)8-22-15(24)12(16(18,19)20)7-13(21-22)9-4-5-9/h1-3,6-7,9,14,23H,4-5,8H2/t14-/m1/s1. The van der Waals surface area contributed by atoms with Gasteiger partial charge in [0.15, 0.2) is 0 Å². The molecule has 128 valence electrons. The van der Waals surface area contributed by atoms with Gasteiger partial charge in [0.25, 0.3) is 5.56 Å². The van der Waals surface area contributed by atoms with Gasteiger partial charge in [-0.1, -0.05) is 12.1 Å². The highest BCUT2D eigenvalue weighted by Gasteiger charge is 2.37. The van der Waals surface area contributed by atoms with Gasteiger partial charge in [0.05, 0.1) is 18.3 Å². The average Bonchev–Trinajstić information content (AvgIpc) is 3.32. The second-order valence-corrected chi connectivity index (χ2v) is 5.81. The zero-order valence-electron chi connectivity index (χ0n) is 12.4. The van der Waals surface area contributed by atoms with Gasteiger partial charge in [0.2, 0.25) is 0 Å². The van der Waals surface area contributed by atoms with E-state index in [-0.39, 0.29) is 17.2 Å². The summed E-state index contributed by atoms with van der Waals surface area (Å²) in [5, 5.41) is 14.1. The van der Waals surface area contributed by atoms with Crippen molar-refractivity contribution in [2.45, 2.75) is 37.6 Å². The second kappa shape index (κ2) is 6.01. The minimum Gasteiger partial charge on any atom is -0.386 e. The van der Waals surface area contributed by atoms with Crippen molar-refractivity contribution in [2.24, 2.45) is 0 Å². The average molecular weight is 342 g/mol. The smallest absolute Gasteiger partial charge is 0.386 e. The Morgan fingerprint density at radius 2 is 2.00 bits per heavy atom. The molecule has 1 aromatic carbocycles. The zero-order valence-corrected chi connectivity index (χ0v) is 12.4. The van der Waals surface area contributed by atoms with Gasteiger partial charge in [0.1, 0.15) is 11.4 Å². The lowest BCUT2D eigenvalue weighted by Crippen LogP contribution is -2.33. The van der Waals surface area contributed by atoms with E-state index in [4.69, 9.17) is 0 Å². The van der Waals surface area contributed by atoms with Gasteiger partial charge >= 0.3 is 6.18 Å². The largest absolute Gasteiger partial charge is 0.421 e. The minimum atomic E-state index is -4.80. The lowest BCUT2D eigenvalue weighted by Gasteiger charge is -2.15. The second-order valence-electron chi connectivity index (χ2n) is 5.81. The molecule has 1 heterocycles. The van der Waals surface area contributed by atoms with Crippen LogP contribution in [0.15, 0.2) is 35.1 Å². The number of halogens is 4. The van der Waals surface area contributed by atoms with Crippen LogP contribution in [0.5, 0.6) is 0 Å². The number of aromatic nitrogens is 2. The molecular formula is C16H14F4N2O2. The molecule has 0 unspecified atom stereocenters. The molecule has 1 atom stereocenters. The molecular weight excluding hydrogens is 328 g/mol. The Hall–Kier alpha value is -2.22. The maximum atomic E-state index is 13.2. The Morgan fingerprint density at radius 3 is 2.58 bits per heavy atom. The van der Waals surface area contributed by atoms with E-state index in [1.54, 1.807) is 0 Å². The van der Waals surface area contributed by atoms with Crippen LogP contribution in [0.4, 0.5) is 17.6 Å². The number of hydrogen-bond donors (Lipinski definition) is 1. The van der Waals surface area contributed by atoms with E-state index in [0.717, 1.165) is 25.0 Å². The Kier molecular flexibility index (Phi) is 4.16. The van der Waals surface area contributed by atoms with Crippen LogP contribution in [-0.4, -0.2) is 14.9 Å². The van der Waals surface area contributed by atoms with Crippen LogP contribution in [0.2, 0.25) is 0 Å². The highest BCUT2D eigenvalue weighted by molar-refractivity contribution is 5.23. The predicted molar refractivity (Wildman–Crippen MR) is 76.8 cm³/mol. The number of nitrogens with zero attached hydrogens (tertiary/aromatic N) is 2. The molecule has 4 nitrogen and oxygen atoms in total. The van der Waals surface area contributed by atoms with Gasteiger partial charge < -0.3 is 5.11 Å². The number of aliphatic hydroxyl groups excluding tert-OH is 1. The summed E-state index contributed by atoms with van der Waals surface area (Å²) >= 11 is 0. The maximum absolute atomic E-state index is 13.2. The van der Waals surface area contributed by atoms with E-state index in [1.807, 2.05) is 0 Å². The van der Waals surface area contributed by atoms with Crippen molar-refractivity contribution in [1.29, 1.82) is 0 Å². The summed E-state index contributed by atoms with van der Waals surface area (Å²) in [4.78, 5) is 12.0. The molecule has 0 saturated heterocycles. The fraction of sp³-hybridized carbons (Fsp3) is 0.375. The summed E-state index contributed by atoms with van der Waals surface area (Å²) in [6, 6.07) is 5.81. The number of aliphatic hydroxyl groups is 1. The summed E-state index contributed by atoms with van der Waals surface area (Å²) < 4.78 is 53.0. The summed E-state index contributed by atoms with van der Waals surface area (Å²) in [7, 11) is 0. The summed E-state index contributed by atoms with van der Waals surface area (Å²) in [5.74, 6) is -0.682. The Bertz CT molecular complexity index is 812. The van der Waals surface area contributed by atoms with Crippen molar-refractivity contribution < 1.29 is 22.7 Å². The van der Waals surface area contributed by atoms with Crippen LogP contribution < -0.4 is 5.56 Å². The molecule has 1 aliphatic rings. The van der Waals surface area contributed by atoms with Crippen LogP contribution in [0.25, 0.3) is 0 Å². The molecule has 1 N–H and O–H groups in total. The van der Waals surface area contributed by atoms with Gasteiger partial charge in [-0.25, -0.2) is 9.07 Å². The molecule has 8 heteroatoms. The summed E-state index contributed by atoms with van der Waals surface area (Å²) in [6.07, 6.45) is -4.71. The molecule has 0 amide bonds. The number of alkyl halides is 3. The van der Waals surface area contributed by atoms with E-state index in [2.05, 4.69) is 5.10 Å². The van der Waals surface area contributed by atoms with E-state index in [9.17, 15) is 27.5 Å². The molecule has 0 radical (unpaired) electrons. The van der Waals surface area contributed by atoms with Crippen molar-refractivity contribution in [3.8, 4) is 0 Å². The SMILES string of the molecule is O=c1c(C(F)(F)F)cc(C2CC2)nn1C[C@@H](O)c1cccc(F)c1. The molecule has 2 aromatic rings. The van der Waals surface area contributed by atoms with E-state index in [1.165, 1.54) is 18.2 Å². The third-order valence-electron chi connectivity index (χ3n) is 3.87. The van der Waals surface area contributed by atoms with Gasteiger partial charge in [-0.3, -0.25) is 4.79 Å². The highest BCUT2D eigenvalue weighted by Crippen LogP contribution is 2.40. The lowest BCUT2D eigenvalue weighted by atomic mass is 10.1. The third-order valence-corrected chi connectivity index (χ3v) is 3.87. The predicted octanol–water partition coefficient (Wildman–Crippen LogP) is 3.01. The van der Waals surface area contributed by atoms with Crippen LogP contribution in [0, 0.1) is 5.82 Å². The number of hydrogen-bond acceptors (Lipinski definition) is 3. The topological polar surface area (TPSA) is 55.1 Å². The zero-order chi connectivity index (χ0) is 17.5. The Balaban J connectivity index is 1.97. The first-order valence-corrected chi connectivity index (χ1v) is 7.38. The molecule has 1 saturated carbocycles. The van der Waals surface area contributed by atoms with Crippen molar-refractivity contribution in [3.05, 3.63) is 63.3 Å². The fourth-order valence-electron chi connectivity index (χ4n) is 2.45. The summed E-state index contributed by atoms with van der Waals surface area (Å²) in [6.45, 7) is -0.480. The molecule has 24 heavy (non-hydrogen) atoms. The van der Waals surface area contributed by atoms with Crippen molar-refractivity contribution in [2.75, 3.05) is 0 Å². The Labute approximate surface area is 134 Å². The Morgan fingerprint density at radius 1 is 1.29 bits per heavy atom. The van der Waals surface area contributed by atoms with Gasteiger partial charge in [-0.05, 0) is 36.6 Å². The van der Waals surface area contributed by atoms with Crippen LogP contribution >= 0.6 is 0 Å². The number of rotatable bonds is 4. The minimum absolute atomic E-state index is 0.0933. The van der Waals surface area contributed by atoms with Gasteiger partial charge in [-0.2, -0.15) is 18.3 Å². The highest BCUT2D eigenvalue weighted by atomic mass is 19.4. The molecule has 1 fully saturated rings. The quantitative estimate of drug-likeness (QED) is 0.869. The first kappa shape index (κ1) is 16.6. The monoisotopic (exact) mass is 342 g/mol. The fourth-order valence-corrected chi connectivity index (χ4v) is 2.45. The molecule has 0 bridgehead atoms. The van der Waals surface area contributed by atoms with Crippen molar-refractivity contribution in [3.63, 3.8) is 0 Å². The van der Waals surface area contributed by atoms with Crippen molar-refractivity contribution >= 4 is 0 Å². The van der Waals surface area contributed by atoms with E-state index in [0.29, 0.717) is 4.68 Å². The van der Waals surface area contributed by atoms with E-state index >= 15 is 0 Å². The summed E-state index contributed by atoms with van der Waals surface area (Å²) in [5.41, 5.74) is -2.27. The molecule has 1 aromatic heterocycles. The van der Waals surface area contributed by atoms with Crippen LogP contribution in [0.1, 0.15) is 41.7 Å². The number of benzene rings is 1. The first-order valence-electron chi connectivity index (χ1n) is 7.38. The van der Waals surface area contributed by atoms with Crippen molar-refractivity contribution in [1.82, 2.24) is 9.78 Å². The molecule has 1 aliphatic carbocycles. The first-order chi connectivity index (χ1) is 11.3. The third kappa shape index (κ3) is 3.48. The van der Waals surface area contributed by atoms with Crippen LogP contribution in [0.3, 0.4) is 0 Å². The molecule has 0 aliphatic heterocycles. The van der Waals surface area contributed by atoms with Crippen LogP contribution in [-0.2, 0) is 12.7 Å². The normalized spacial score (nSPS) is 16.2.